The molecule has 1 heterocycles. The van der Waals surface area contributed by atoms with E-state index in [0.29, 0.717) is 6.54 Å². The Bertz CT molecular complexity index is 696. The summed E-state index contributed by atoms with van der Waals surface area (Å²) in [4.78, 5) is 41.7. The second-order valence-electron chi connectivity index (χ2n) is 7.40. The highest BCUT2D eigenvalue weighted by atomic mass is 32.2. The molecule has 1 saturated heterocycles. The largest absolute Gasteiger partial charge is 0.340 e. The van der Waals surface area contributed by atoms with Crippen molar-refractivity contribution in [1.29, 1.82) is 0 Å². The quantitative estimate of drug-likeness (QED) is 0.587. The van der Waals surface area contributed by atoms with Crippen molar-refractivity contribution in [3.8, 4) is 0 Å². The summed E-state index contributed by atoms with van der Waals surface area (Å²) in [5, 5.41) is 0. The third-order valence-corrected chi connectivity index (χ3v) is 6.34. The van der Waals surface area contributed by atoms with Gasteiger partial charge in [0.25, 0.3) is 0 Å². The molecule has 6 heteroatoms. The molecule has 1 saturated carbocycles. The van der Waals surface area contributed by atoms with Gasteiger partial charge in [-0.15, -0.1) is 11.8 Å². The molecule has 1 aromatic rings. The van der Waals surface area contributed by atoms with Gasteiger partial charge in [0.15, 0.2) is 0 Å². The average Bonchev–Trinajstić information content (AvgIpc) is 2.87. The van der Waals surface area contributed by atoms with Crippen LogP contribution in [0.4, 0.5) is 0 Å². The molecule has 0 unspecified atom stereocenters. The number of thioether (sulfide) groups is 1. The number of imide groups is 1. The molecule has 26 heavy (non-hydrogen) atoms. The van der Waals surface area contributed by atoms with Crippen LogP contribution in [0.3, 0.4) is 0 Å². The zero-order valence-electron chi connectivity index (χ0n) is 15.5. The molecule has 1 aliphatic heterocycles. The van der Waals surface area contributed by atoms with E-state index in [0.717, 1.165) is 37.7 Å². The van der Waals surface area contributed by atoms with E-state index in [4.69, 9.17) is 0 Å². The molecular formula is C20H26N2O3S. The molecule has 2 aliphatic rings. The van der Waals surface area contributed by atoms with Gasteiger partial charge in [-0.05, 0) is 36.8 Å². The van der Waals surface area contributed by atoms with Gasteiger partial charge in [0.2, 0.25) is 17.7 Å². The number of benzene rings is 1. The molecule has 3 rings (SSSR count). The van der Waals surface area contributed by atoms with Crippen molar-refractivity contribution < 1.29 is 14.4 Å². The van der Waals surface area contributed by atoms with Gasteiger partial charge in [0.05, 0.1) is 5.41 Å². The fourth-order valence-corrected chi connectivity index (χ4v) is 4.40. The van der Waals surface area contributed by atoms with E-state index in [-0.39, 0.29) is 30.7 Å². The lowest BCUT2D eigenvalue weighted by Gasteiger charge is -2.30. The molecule has 1 spiro atoms. The van der Waals surface area contributed by atoms with Crippen molar-refractivity contribution in [3.05, 3.63) is 29.8 Å². The molecule has 1 aliphatic carbocycles. The highest BCUT2D eigenvalue weighted by Crippen LogP contribution is 2.45. The topological polar surface area (TPSA) is 57.7 Å². The monoisotopic (exact) mass is 374 g/mol. The van der Waals surface area contributed by atoms with Crippen molar-refractivity contribution in [2.45, 2.75) is 50.0 Å². The third kappa shape index (κ3) is 3.80. The van der Waals surface area contributed by atoms with Crippen LogP contribution in [0.1, 0.15) is 44.1 Å². The second-order valence-corrected chi connectivity index (χ2v) is 8.28. The van der Waals surface area contributed by atoms with Gasteiger partial charge in [-0.2, -0.15) is 0 Å². The number of likely N-dealkylation sites (N-methyl/N-ethyl adjacent to an activating group) is 1. The Balaban J connectivity index is 1.61. The maximum absolute atomic E-state index is 12.8. The Hall–Kier alpha value is -1.82. The van der Waals surface area contributed by atoms with Gasteiger partial charge in [0.1, 0.15) is 6.54 Å². The first kappa shape index (κ1) is 19.0. The Labute approximate surface area is 159 Å². The maximum atomic E-state index is 12.8. The molecule has 2 fully saturated rings. The fraction of sp³-hybridized carbons (Fsp3) is 0.550. The van der Waals surface area contributed by atoms with Gasteiger partial charge < -0.3 is 4.90 Å². The molecule has 5 nitrogen and oxygen atoms in total. The number of nitrogens with zero attached hydrogens (tertiary/aromatic N) is 2. The standard InChI is InChI=1S/C20H26N2O3S/c1-21(13-15-6-8-16(26-2)9-7-15)18(24)14-22-17(23)12-20(19(22)25)10-4-3-5-11-20/h6-9H,3-5,10-14H2,1-2H3. The minimum atomic E-state index is -0.526. The number of rotatable bonds is 5. The minimum absolute atomic E-state index is 0.131. The number of likely N-dealkylation sites (tertiary alicyclic amines) is 1. The van der Waals surface area contributed by atoms with Crippen LogP contribution in [0.2, 0.25) is 0 Å². The Kier molecular flexibility index (Phi) is 5.70. The number of amides is 3. The number of carbonyl (C=O) groups is 3. The molecule has 140 valence electrons. The van der Waals surface area contributed by atoms with Crippen molar-refractivity contribution in [3.63, 3.8) is 0 Å². The van der Waals surface area contributed by atoms with Crippen molar-refractivity contribution in [2.24, 2.45) is 5.41 Å². The summed E-state index contributed by atoms with van der Waals surface area (Å²) < 4.78 is 0. The molecule has 0 bridgehead atoms. The van der Waals surface area contributed by atoms with E-state index in [1.165, 1.54) is 9.80 Å². The van der Waals surface area contributed by atoms with Crippen LogP contribution in [0.15, 0.2) is 29.2 Å². The minimum Gasteiger partial charge on any atom is -0.340 e. The van der Waals surface area contributed by atoms with Crippen molar-refractivity contribution in [2.75, 3.05) is 19.8 Å². The summed E-state index contributed by atoms with van der Waals surface area (Å²) in [5.41, 5.74) is 0.503. The van der Waals surface area contributed by atoms with Crippen molar-refractivity contribution in [1.82, 2.24) is 9.80 Å². The van der Waals surface area contributed by atoms with Gasteiger partial charge in [-0.25, -0.2) is 0 Å². The fourth-order valence-electron chi connectivity index (χ4n) is 3.99. The first-order valence-electron chi connectivity index (χ1n) is 9.17. The summed E-state index contributed by atoms with van der Waals surface area (Å²) in [6.07, 6.45) is 6.96. The number of hydrogen-bond donors (Lipinski definition) is 0. The van der Waals surface area contributed by atoms with E-state index in [1.54, 1.807) is 23.7 Å². The number of carbonyl (C=O) groups excluding carboxylic acids is 3. The van der Waals surface area contributed by atoms with E-state index in [9.17, 15) is 14.4 Å². The maximum Gasteiger partial charge on any atom is 0.242 e. The van der Waals surface area contributed by atoms with E-state index >= 15 is 0 Å². The highest BCUT2D eigenvalue weighted by molar-refractivity contribution is 7.98. The first-order valence-corrected chi connectivity index (χ1v) is 10.4. The predicted molar refractivity (Wildman–Crippen MR) is 102 cm³/mol. The average molecular weight is 375 g/mol. The zero-order chi connectivity index (χ0) is 18.7. The highest BCUT2D eigenvalue weighted by Gasteiger charge is 2.51. The lowest BCUT2D eigenvalue weighted by molar-refractivity contribution is -0.147. The van der Waals surface area contributed by atoms with Crippen LogP contribution in [0.5, 0.6) is 0 Å². The summed E-state index contributed by atoms with van der Waals surface area (Å²) in [6.45, 7) is 0.327. The summed E-state index contributed by atoms with van der Waals surface area (Å²) >= 11 is 1.67. The van der Waals surface area contributed by atoms with Gasteiger partial charge in [-0.3, -0.25) is 19.3 Å². The smallest absolute Gasteiger partial charge is 0.242 e. The van der Waals surface area contributed by atoms with E-state index < -0.39 is 5.41 Å². The summed E-state index contributed by atoms with van der Waals surface area (Å²) in [6, 6.07) is 8.05. The molecule has 0 radical (unpaired) electrons. The second kappa shape index (κ2) is 7.82. The molecular weight excluding hydrogens is 348 g/mol. The summed E-state index contributed by atoms with van der Waals surface area (Å²) in [7, 11) is 1.71. The van der Waals surface area contributed by atoms with E-state index in [2.05, 4.69) is 0 Å². The molecule has 0 atom stereocenters. The van der Waals surface area contributed by atoms with Crippen LogP contribution < -0.4 is 0 Å². The molecule has 3 amide bonds. The first-order chi connectivity index (χ1) is 12.4. The molecule has 0 N–H and O–H groups in total. The van der Waals surface area contributed by atoms with Gasteiger partial charge in [0, 0.05) is 24.9 Å². The lowest BCUT2D eigenvalue weighted by Crippen LogP contribution is -2.43. The summed E-state index contributed by atoms with van der Waals surface area (Å²) in [5.74, 6) is -0.523. The van der Waals surface area contributed by atoms with Crippen LogP contribution in [-0.2, 0) is 20.9 Å². The SMILES string of the molecule is CSc1ccc(CN(C)C(=O)CN2C(=O)CC3(CCCCC3)C2=O)cc1. The van der Waals surface area contributed by atoms with Crippen molar-refractivity contribution >= 4 is 29.5 Å². The number of hydrogen-bond acceptors (Lipinski definition) is 4. The lowest BCUT2D eigenvalue weighted by atomic mass is 9.73. The Morgan fingerprint density at radius 1 is 1.15 bits per heavy atom. The van der Waals surface area contributed by atoms with E-state index in [1.807, 2.05) is 30.5 Å². The van der Waals surface area contributed by atoms with Crippen LogP contribution in [0.25, 0.3) is 0 Å². The predicted octanol–water partition coefficient (Wildman–Crippen LogP) is 3.08. The van der Waals surface area contributed by atoms with Gasteiger partial charge >= 0.3 is 0 Å². The van der Waals surface area contributed by atoms with Crippen LogP contribution in [0, 0.1) is 5.41 Å². The van der Waals surface area contributed by atoms with Gasteiger partial charge in [-0.1, -0.05) is 31.4 Å². The Morgan fingerprint density at radius 2 is 1.81 bits per heavy atom. The van der Waals surface area contributed by atoms with Crippen LogP contribution >= 0.6 is 11.8 Å². The zero-order valence-corrected chi connectivity index (χ0v) is 16.3. The third-order valence-electron chi connectivity index (χ3n) is 5.60. The molecule has 0 aromatic heterocycles. The van der Waals surface area contributed by atoms with Crippen LogP contribution in [-0.4, -0.2) is 47.4 Å². The molecule has 1 aromatic carbocycles. The Morgan fingerprint density at radius 3 is 2.42 bits per heavy atom. The normalized spacial score (nSPS) is 19.2.